The Kier molecular flexibility index (Phi) is 3.20. The minimum atomic E-state index is 0. The summed E-state index contributed by atoms with van der Waals surface area (Å²) in [5, 5.41) is 1.89. The van der Waals surface area contributed by atoms with Crippen LogP contribution in [0.5, 0.6) is 0 Å². The number of para-hydroxylation sites is 4. The van der Waals surface area contributed by atoms with Crippen LogP contribution < -0.4 is 10.7 Å². The second-order valence-electron chi connectivity index (χ2n) is 5.56. The topological polar surface area (TPSA) is 50.5 Å². The maximum absolute atomic E-state index is 4.82. The van der Waals surface area contributed by atoms with Gasteiger partial charge in [-0.05, 0) is 30.3 Å². The van der Waals surface area contributed by atoms with Gasteiger partial charge in [-0.25, -0.2) is 15.0 Å². The first kappa shape index (κ1) is 14.0. The minimum Gasteiger partial charge on any atom is -0.273 e. The Labute approximate surface area is 138 Å². The van der Waals surface area contributed by atoms with Gasteiger partial charge in [-0.1, -0.05) is 24.3 Å². The summed E-state index contributed by atoms with van der Waals surface area (Å²) in [6.45, 7) is 0. The summed E-state index contributed by atoms with van der Waals surface area (Å²) >= 11 is 0. The summed E-state index contributed by atoms with van der Waals surface area (Å²) in [5.74, 6) is 0. The molecule has 0 radical (unpaired) electrons. The van der Waals surface area contributed by atoms with Crippen LogP contribution in [0.2, 0.25) is 0 Å². The number of aromatic nitrogens is 2. The fourth-order valence-electron chi connectivity index (χ4n) is 3.03. The van der Waals surface area contributed by atoms with Gasteiger partial charge in [0.15, 0.2) is 0 Å². The maximum atomic E-state index is 4.82. The quantitative estimate of drug-likeness (QED) is 0.638. The average Bonchev–Trinajstić information content (AvgIpc) is 2.56. The number of nitrogens with zero attached hydrogens (tertiary/aromatic N) is 4. The van der Waals surface area contributed by atoms with Crippen LogP contribution in [-0.4, -0.2) is 16.0 Å². The van der Waals surface area contributed by atoms with Crippen LogP contribution in [0.4, 0.5) is 0 Å². The van der Waals surface area contributed by atoms with Gasteiger partial charge in [0.2, 0.25) is 0 Å². The number of fused-ring (bicyclic) bond motifs is 4. The van der Waals surface area contributed by atoms with Crippen molar-refractivity contribution in [3.8, 4) is 0 Å². The molecule has 0 fully saturated rings. The second-order valence-corrected chi connectivity index (χ2v) is 5.56. The van der Waals surface area contributed by atoms with Crippen molar-refractivity contribution in [1.29, 1.82) is 0 Å². The van der Waals surface area contributed by atoms with E-state index in [1.54, 1.807) is 0 Å². The number of benzene rings is 2. The molecule has 1 aliphatic heterocycles. The molecule has 23 heavy (non-hydrogen) atoms. The number of hydrogen-bond acceptors (Lipinski definition) is 4. The smallest absolute Gasteiger partial charge is 0.0984 e. The van der Waals surface area contributed by atoms with E-state index in [1.165, 1.54) is 0 Å². The van der Waals surface area contributed by atoms with Crippen molar-refractivity contribution in [3.05, 3.63) is 76.3 Å². The van der Waals surface area contributed by atoms with E-state index in [-0.39, 0.29) is 18.4 Å². The molecular weight excluding hydrogens is 308 g/mol. The molecule has 2 aliphatic rings. The first-order chi connectivity index (χ1) is 10.9. The average molecular weight is 321 g/mol. The van der Waals surface area contributed by atoms with Gasteiger partial charge in [-0.3, -0.25) is 4.99 Å². The van der Waals surface area contributed by atoms with Gasteiger partial charge in [0, 0.05) is 6.42 Å². The van der Waals surface area contributed by atoms with Crippen molar-refractivity contribution >= 4 is 29.5 Å². The number of halogens is 1. The van der Waals surface area contributed by atoms with E-state index in [2.05, 4.69) is 0 Å². The lowest BCUT2D eigenvalue weighted by Gasteiger charge is -2.21. The third kappa shape index (κ3) is 2.23. The van der Waals surface area contributed by atoms with E-state index in [4.69, 9.17) is 20.0 Å². The molecule has 0 amide bonds. The lowest BCUT2D eigenvalue weighted by molar-refractivity contribution is 0.688. The lowest BCUT2D eigenvalue weighted by atomic mass is 9.98. The Hall–Kier alpha value is -2.59. The lowest BCUT2D eigenvalue weighted by Crippen LogP contribution is -2.34. The Morgan fingerprint density at radius 3 is 2.35 bits per heavy atom. The van der Waals surface area contributed by atoms with E-state index < -0.39 is 0 Å². The highest BCUT2D eigenvalue weighted by atomic mass is 35.5. The summed E-state index contributed by atoms with van der Waals surface area (Å²) < 4.78 is 0. The zero-order chi connectivity index (χ0) is 14.5. The van der Waals surface area contributed by atoms with E-state index in [0.717, 1.165) is 45.3 Å². The molecule has 0 saturated heterocycles. The highest BCUT2D eigenvalue weighted by Gasteiger charge is 2.24. The van der Waals surface area contributed by atoms with E-state index in [9.17, 15) is 0 Å². The van der Waals surface area contributed by atoms with Gasteiger partial charge in [0.25, 0.3) is 0 Å². The molecule has 4 nitrogen and oxygen atoms in total. The zero-order valence-electron chi connectivity index (χ0n) is 12.2. The van der Waals surface area contributed by atoms with Gasteiger partial charge in [-0.15, -0.1) is 12.4 Å². The fourth-order valence-corrected chi connectivity index (χ4v) is 3.03. The van der Waals surface area contributed by atoms with Crippen LogP contribution in [0.3, 0.4) is 0 Å². The van der Waals surface area contributed by atoms with Crippen molar-refractivity contribution in [2.75, 3.05) is 0 Å². The van der Waals surface area contributed by atoms with Gasteiger partial charge in [0.1, 0.15) is 0 Å². The first-order valence-electron chi connectivity index (χ1n) is 7.36. The van der Waals surface area contributed by atoms with Crippen LogP contribution in [-0.2, 0) is 6.42 Å². The fraction of sp³-hybridized carbons (Fsp3) is 0.111. The molecular formula is C18H13ClN4. The van der Waals surface area contributed by atoms with E-state index in [0.29, 0.717) is 0 Å². The molecule has 5 heteroatoms. The molecule has 0 saturated carbocycles. The minimum absolute atomic E-state index is 0. The monoisotopic (exact) mass is 320 g/mol. The molecule has 5 rings (SSSR count). The Balaban J connectivity index is 0.00000135. The van der Waals surface area contributed by atoms with Gasteiger partial charge < -0.3 is 0 Å². The van der Waals surface area contributed by atoms with Gasteiger partial charge >= 0.3 is 0 Å². The largest absolute Gasteiger partial charge is 0.273 e. The summed E-state index contributed by atoms with van der Waals surface area (Å²) in [4.78, 5) is 19.0. The third-order valence-electron chi connectivity index (χ3n) is 4.11. The summed E-state index contributed by atoms with van der Waals surface area (Å²) in [6.07, 6.45) is 2.79. The van der Waals surface area contributed by atoms with E-state index in [1.807, 2.05) is 54.6 Å². The predicted octanol–water partition coefficient (Wildman–Crippen LogP) is 2.27. The van der Waals surface area contributed by atoms with Gasteiger partial charge in [-0.2, -0.15) is 0 Å². The van der Waals surface area contributed by atoms with Crippen molar-refractivity contribution in [2.24, 2.45) is 9.98 Å². The summed E-state index contributed by atoms with van der Waals surface area (Å²) in [6, 6.07) is 16.0. The molecule has 2 aromatic carbocycles. The number of hydrogen-bond donors (Lipinski definition) is 0. The SMILES string of the molecule is C1=C2N=c3ccccc3=NC2Cc2nc3ccccc3nc21.Cl. The standard InChI is InChI=1S/C18H12N4.ClH/c1-2-6-12-11(5-1)19-15-9-17-18(10-16(15)20-12)22-14-8-4-3-7-13(14)21-17;/h1-9,16H,10H2;1H. The molecule has 1 aliphatic carbocycles. The van der Waals surface area contributed by atoms with Crippen molar-refractivity contribution < 1.29 is 0 Å². The molecule has 1 atom stereocenters. The molecule has 0 bridgehead atoms. The molecule has 3 aromatic rings. The van der Waals surface area contributed by atoms with Crippen molar-refractivity contribution in [3.63, 3.8) is 0 Å². The Morgan fingerprint density at radius 2 is 1.52 bits per heavy atom. The Morgan fingerprint density at radius 1 is 0.826 bits per heavy atom. The first-order valence-corrected chi connectivity index (χ1v) is 7.36. The zero-order valence-corrected chi connectivity index (χ0v) is 13.0. The highest BCUT2D eigenvalue weighted by Crippen LogP contribution is 2.26. The van der Waals surface area contributed by atoms with Crippen LogP contribution in [0, 0.1) is 0 Å². The van der Waals surface area contributed by atoms with Crippen LogP contribution in [0.15, 0.2) is 64.2 Å². The van der Waals surface area contributed by atoms with Crippen LogP contribution in [0.25, 0.3) is 17.1 Å². The molecule has 112 valence electrons. The van der Waals surface area contributed by atoms with Crippen molar-refractivity contribution in [2.45, 2.75) is 12.5 Å². The molecule has 0 spiro atoms. The molecule has 0 N–H and O–H groups in total. The van der Waals surface area contributed by atoms with Crippen LogP contribution >= 0.6 is 12.4 Å². The summed E-state index contributed by atoms with van der Waals surface area (Å²) in [5.41, 5.74) is 4.76. The Bertz CT molecular complexity index is 1070. The second kappa shape index (κ2) is 5.25. The third-order valence-corrected chi connectivity index (χ3v) is 4.11. The molecule has 1 aromatic heterocycles. The van der Waals surface area contributed by atoms with Gasteiger partial charge in [0.05, 0.1) is 44.9 Å². The summed E-state index contributed by atoms with van der Waals surface area (Å²) in [7, 11) is 0. The number of rotatable bonds is 0. The highest BCUT2D eigenvalue weighted by molar-refractivity contribution is 5.85. The molecule has 1 unspecified atom stereocenters. The van der Waals surface area contributed by atoms with Crippen LogP contribution in [0.1, 0.15) is 11.4 Å². The van der Waals surface area contributed by atoms with Crippen molar-refractivity contribution in [1.82, 2.24) is 9.97 Å². The van der Waals surface area contributed by atoms with E-state index >= 15 is 0 Å². The normalized spacial score (nSPS) is 17.6. The predicted molar refractivity (Wildman–Crippen MR) is 91.0 cm³/mol. The maximum Gasteiger partial charge on any atom is 0.0984 e. The molecule has 2 heterocycles.